The van der Waals surface area contributed by atoms with Crippen LogP contribution in [0.1, 0.15) is 59.3 Å². The summed E-state index contributed by atoms with van der Waals surface area (Å²) in [5.41, 5.74) is -0.226. The highest BCUT2D eigenvalue weighted by Gasteiger charge is 2.41. The number of likely N-dealkylation sites (tertiary alicyclic amines) is 1. The molecule has 2 heterocycles. The first-order chi connectivity index (χ1) is 12.5. The molecule has 0 unspecified atom stereocenters. The molecule has 0 bridgehead atoms. The van der Waals surface area contributed by atoms with Crippen molar-refractivity contribution in [2.75, 3.05) is 25.0 Å². The highest BCUT2D eigenvalue weighted by molar-refractivity contribution is 5.82. The van der Waals surface area contributed by atoms with Gasteiger partial charge in [0, 0.05) is 30.6 Å². The average molecular weight is 361 g/mol. The fraction of sp³-hybridized carbons (Fsp3) is 0.750. The summed E-state index contributed by atoms with van der Waals surface area (Å²) in [5.74, 6) is 2.27. The van der Waals surface area contributed by atoms with Crippen molar-refractivity contribution in [3.63, 3.8) is 0 Å². The van der Waals surface area contributed by atoms with Crippen LogP contribution < -0.4 is 10.1 Å². The molecule has 1 saturated carbocycles. The number of hydrogen-bond acceptors (Lipinski definition) is 5. The van der Waals surface area contributed by atoms with E-state index in [4.69, 9.17) is 4.74 Å². The molecule has 1 aromatic heterocycles. The largest absolute Gasteiger partial charge is 0.478 e. The van der Waals surface area contributed by atoms with Gasteiger partial charge in [-0.3, -0.25) is 4.79 Å². The first-order valence-corrected chi connectivity index (χ1v) is 10.0. The molecule has 1 aromatic rings. The number of carbonyl (C=O) groups is 1. The van der Waals surface area contributed by atoms with Gasteiger partial charge in [0.1, 0.15) is 12.1 Å². The SMILES string of the molecule is CCOc1cc(NC2CCN(C(=O)C(C)(C)C3CCCC3)CC2)ncn1. The Kier molecular flexibility index (Phi) is 5.99. The van der Waals surface area contributed by atoms with Crippen molar-refractivity contribution in [3.8, 4) is 5.88 Å². The monoisotopic (exact) mass is 360 g/mol. The number of hydrogen-bond donors (Lipinski definition) is 1. The molecule has 6 nitrogen and oxygen atoms in total. The lowest BCUT2D eigenvalue weighted by Gasteiger charge is -2.39. The molecule has 1 aliphatic carbocycles. The molecule has 6 heteroatoms. The van der Waals surface area contributed by atoms with Gasteiger partial charge in [0.05, 0.1) is 6.61 Å². The summed E-state index contributed by atoms with van der Waals surface area (Å²) in [7, 11) is 0. The normalized spacial score (nSPS) is 19.6. The van der Waals surface area contributed by atoms with E-state index in [9.17, 15) is 4.79 Å². The van der Waals surface area contributed by atoms with Gasteiger partial charge in [0.2, 0.25) is 11.8 Å². The third kappa shape index (κ3) is 4.27. The number of ether oxygens (including phenoxy) is 1. The van der Waals surface area contributed by atoms with E-state index in [-0.39, 0.29) is 5.41 Å². The molecular weight excluding hydrogens is 328 g/mol. The second-order valence-corrected chi connectivity index (χ2v) is 8.09. The lowest BCUT2D eigenvalue weighted by molar-refractivity contribution is -0.144. The van der Waals surface area contributed by atoms with Gasteiger partial charge < -0.3 is 15.0 Å². The summed E-state index contributed by atoms with van der Waals surface area (Å²) >= 11 is 0. The van der Waals surface area contributed by atoms with Crippen LogP contribution in [0.4, 0.5) is 5.82 Å². The fourth-order valence-corrected chi connectivity index (χ4v) is 4.31. The molecule has 1 aliphatic heterocycles. The van der Waals surface area contributed by atoms with Crippen LogP contribution in [0.3, 0.4) is 0 Å². The summed E-state index contributed by atoms with van der Waals surface area (Å²) in [5, 5.41) is 3.46. The molecule has 2 fully saturated rings. The number of rotatable bonds is 6. The number of aromatic nitrogens is 2. The summed E-state index contributed by atoms with van der Waals surface area (Å²) < 4.78 is 5.43. The minimum Gasteiger partial charge on any atom is -0.478 e. The Hall–Kier alpha value is -1.85. The minimum atomic E-state index is -0.226. The van der Waals surface area contributed by atoms with Crippen LogP contribution in [-0.4, -0.2) is 46.5 Å². The van der Waals surface area contributed by atoms with Crippen LogP contribution in [-0.2, 0) is 4.79 Å². The van der Waals surface area contributed by atoms with Crippen molar-refractivity contribution in [1.82, 2.24) is 14.9 Å². The van der Waals surface area contributed by atoms with Crippen molar-refractivity contribution < 1.29 is 9.53 Å². The number of nitrogens with one attached hydrogen (secondary N) is 1. The third-order valence-corrected chi connectivity index (χ3v) is 6.00. The van der Waals surface area contributed by atoms with Crippen LogP contribution in [0.5, 0.6) is 5.88 Å². The zero-order chi connectivity index (χ0) is 18.6. The maximum absolute atomic E-state index is 13.1. The van der Waals surface area contributed by atoms with Gasteiger partial charge >= 0.3 is 0 Å². The number of amides is 1. The molecule has 0 atom stereocenters. The molecule has 1 N–H and O–H groups in total. The Morgan fingerprint density at radius 3 is 2.58 bits per heavy atom. The van der Waals surface area contributed by atoms with E-state index in [1.807, 2.05) is 13.0 Å². The molecule has 1 saturated heterocycles. The molecule has 0 radical (unpaired) electrons. The van der Waals surface area contributed by atoms with Crippen LogP contribution >= 0.6 is 0 Å². The topological polar surface area (TPSA) is 67.3 Å². The first kappa shape index (κ1) is 18.9. The van der Waals surface area contributed by atoms with Crippen LogP contribution in [0, 0.1) is 11.3 Å². The highest BCUT2D eigenvalue weighted by Crippen LogP contribution is 2.41. The van der Waals surface area contributed by atoms with Gasteiger partial charge in [0.15, 0.2) is 0 Å². The number of nitrogens with zero attached hydrogens (tertiary/aromatic N) is 3. The Bertz CT molecular complexity index is 606. The van der Waals surface area contributed by atoms with Gasteiger partial charge in [-0.2, -0.15) is 0 Å². The van der Waals surface area contributed by atoms with E-state index in [1.165, 1.54) is 32.0 Å². The molecule has 26 heavy (non-hydrogen) atoms. The fourth-order valence-electron chi connectivity index (χ4n) is 4.31. The molecular formula is C20H32N4O2. The Morgan fingerprint density at radius 2 is 1.92 bits per heavy atom. The van der Waals surface area contributed by atoms with Gasteiger partial charge in [-0.05, 0) is 38.5 Å². The number of anilines is 1. The zero-order valence-corrected chi connectivity index (χ0v) is 16.3. The standard InChI is InChI=1S/C20H32N4O2/c1-4-26-18-13-17(21-14-22-18)23-16-9-11-24(12-10-16)19(25)20(2,3)15-7-5-6-8-15/h13-16H,4-12H2,1-3H3,(H,21,22,23). The average Bonchev–Trinajstić information content (AvgIpc) is 3.18. The summed E-state index contributed by atoms with van der Waals surface area (Å²) in [6.07, 6.45) is 8.36. The van der Waals surface area contributed by atoms with Gasteiger partial charge in [-0.1, -0.05) is 26.7 Å². The predicted molar refractivity (Wildman–Crippen MR) is 102 cm³/mol. The summed E-state index contributed by atoms with van der Waals surface area (Å²) in [6, 6.07) is 2.17. The lowest BCUT2D eigenvalue weighted by atomic mass is 9.76. The quantitative estimate of drug-likeness (QED) is 0.841. The van der Waals surface area contributed by atoms with E-state index in [1.54, 1.807) is 0 Å². The second-order valence-electron chi connectivity index (χ2n) is 8.09. The Morgan fingerprint density at radius 1 is 1.23 bits per heavy atom. The van der Waals surface area contributed by atoms with E-state index in [2.05, 4.69) is 34.0 Å². The van der Waals surface area contributed by atoms with E-state index in [0.717, 1.165) is 31.7 Å². The van der Waals surface area contributed by atoms with Crippen LogP contribution in [0.25, 0.3) is 0 Å². The highest BCUT2D eigenvalue weighted by atomic mass is 16.5. The summed E-state index contributed by atoms with van der Waals surface area (Å²) in [6.45, 7) is 8.45. The Balaban J connectivity index is 1.52. The van der Waals surface area contributed by atoms with Gasteiger partial charge in [-0.15, -0.1) is 0 Å². The number of piperidine rings is 1. The molecule has 0 aromatic carbocycles. The predicted octanol–water partition coefficient (Wildman–Crippen LogP) is 3.49. The van der Waals surface area contributed by atoms with Gasteiger partial charge in [0.25, 0.3) is 0 Å². The van der Waals surface area contributed by atoms with Crippen LogP contribution in [0.2, 0.25) is 0 Å². The van der Waals surface area contributed by atoms with E-state index < -0.39 is 0 Å². The molecule has 1 amide bonds. The molecule has 3 rings (SSSR count). The summed E-state index contributed by atoms with van der Waals surface area (Å²) in [4.78, 5) is 23.5. The maximum Gasteiger partial charge on any atom is 0.228 e. The third-order valence-electron chi connectivity index (χ3n) is 6.00. The molecule has 144 valence electrons. The van der Waals surface area contributed by atoms with Crippen molar-refractivity contribution in [3.05, 3.63) is 12.4 Å². The van der Waals surface area contributed by atoms with E-state index in [0.29, 0.717) is 30.4 Å². The zero-order valence-electron chi connectivity index (χ0n) is 16.3. The number of carbonyl (C=O) groups excluding carboxylic acids is 1. The van der Waals surface area contributed by atoms with Crippen molar-refractivity contribution >= 4 is 11.7 Å². The molecule has 2 aliphatic rings. The first-order valence-electron chi connectivity index (χ1n) is 10.0. The van der Waals surface area contributed by atoms with Crippen LogP contribution in [0.15, 0.2) is 12.4 Å². The lowest BCUT2D eigenvalue weighted by Crippen LogP contribution is -2.49. The van der Waals surface area contributed by atoms with Crippen molar-refractivity contribution in [2.45, 2.75) is 65.3 Å². The van der Waals surface area contributed by atoms with E-state index >= 15 is 0 Å². The van der Waals surface area contributed by atoms with Crippen molar-refractivity contribution in [2.24, 2.45) is 11.3 Å². The second kappa shape index (κ2) is 8.23. The smallest absolute Gasteiger partial charge is 0.228 e. The van der Waals surface area contributed by atoms with Crippen molar-refractivity contribution in [1.29, 1.82) is 0 Å². The molecule has 0 spiro atoms. The Labute approximate surface area is 156 Å². The minimum absolute atomic E-state index is 0.226. The maximum atomic E-state index is 13.1. The van der Waals surface area contributed by atoms with Gasteiger partial charge in [-0.25, -0.2) is 9.97 Å².